The predicted octanol–water partition coefficient (Wildman–Crippen LogP) is 1.53. The fourth-order valence-electron chi connectivity index (χ4n) is 3.06. The van der Waals surface area contributed by atoms with Crippen molar-refractivity contribution in [3.8, 4) is 0 Å². The standard InChI is InChI=1S/C19H25N5O2/c1-14(2)19(26)23-10-11-24-17(13-23)16(21-22-24)8-9-18(25)20-12-15-6-4-3-5-7-15/h3-7,14H,8-13H2,1-2H3,(H,20,25). The SMILES string of the molecule is CC(C)C(=O)N1CCn2nnc(CCC(=O)NCc3ccccc3)c2C1. The Labute approximate surface area is 153 Å². The summed E-state index contributed by atoms with van der Waals surface area (Å²) >= 11 is 0. The van der Waals surface area contributed by atoms with Crippen LogP contribution in [0.4, 0.5) is 0 Å². The average molecular weight is 355 g/mol. The minimum atomic E-state index is -0.0235. The zero-order chi connectivity index (χ0) is 18.5. The van der Waals surface area contributed by atoms with E-state index in [0.717, 1.165) is 17.0 Å². The Bertz CT molecular complexity index is 769. The number of nitrogens with one attached hydrogen (secondary N) is 1. The van der Waals surface area contributed by atoms with Crippen LogP contribution in [0.25, 0.3) is 0 Å². The molecule has 0 saturated carbocycles. The smallest absolute Gasteiger partial charge is 0.225 e. The molecule has 2 aromatic rings. The largest absolute Gasteiger partial charge is 0.352 e. The van der Waals surface area contributed by atoms with Crippen LogP contribution in [-0.2, 0) is 35.6 Å². The number of carbonyl (C=O) groups excluding carboxylic acids is 2. The van der Waals surface area contributed by atoms with Crippen molar-refractivity contribution in [3.05, 3.63) is 47.3 Å². The molecule has 0 unspecified atom stereocenters. The molecule has 2 amide bonds. The van der Waals surface area contributed by atoms with Crippen molar-refractivity contribution in [2.75, 3.05) is 6.54 Å². The van der Waals surface area contributed by atoms with Crippen LogP contribution in [0, 0.1) is 5.92 Å². The van der Waals surface area contributed by atoms with Gasteiger partial charge in [0.1, 0.15) is 0 Å². The zero-order valence-corrected chi connectivity index (χ0v) is 15.3. The van der Waals surface area contributed by atoms with E-state index >= 15 is 0 Å². The van der Waals surface area contributed by atoms with Crippen LogP contribution in [0.5, 0.6) is 0 Å². The lowest BCUT2D eigenvalue weighted by Crippen LogP contribution is -2.40. The van der Waals surface area contributed by atoms with Crippen molar-refractivity contribution in [2.24, 2.45) is 5.92 Å². The Morgan fingerprint density at radius 2 is 1.96 bits per heavy atom. The van der Waals surface area contributed by atoms with Crippen LogP contribution < -0.4 is 5.32 Å². The monoisotopic (exact) mass is 355 g/mol. The summed E-state index contributed by atoms with van der Waals surface area (Å²) in [5.41, 5.74) is 2.83. The van der Waals surface area contributed by atoms with E-state index in [1.165, 1.54) is 0 Å². The molecule has 0 radical (unpaired) electrons. The van der Waals surface area contributed by atoms with Crippen LogP contribution in [0.3, 0.4) is 0 Å². The minimum absolute atomic E-state index is 0.0125. The summed E-state index contributed by atoms with van der Waals surface area (Å²) in [5, 5.41) is 11.3. The lowest BCUT2D eigenvalue weighted by atomic mass is 10.1. The second-order valence-corrected chi connectivity index (χ2v) is 6.88. The number of amides is 2. The Hall–Kier alpha value is -2.70. The maximum absolute atomic E-state index is 12.2. The molecule has 1 aromatic heterocycles. The number of benzene rings is 1. The lowest BCUT2D eigenvalue weighted by Gasteiger charge is -2.29. The normalized spacial score (nSPS) is 13.6. The van der Waals surface area contributed by atoms with Gasteiger partial charge in [0.25, 0.3) is 0 Å². The van der Waals surface area contributed by atoms with Crippen molar-refractivity contribution < 1.29 is 9.59 Å². The molecule has 0 atom stereocenters. The molecular formula is C19H25N5O2. The number of nitrogens with zero attached hydrogens (tertiary/aromatic N) is 4. The molecule has 0 bridgehead atoms. The molecule has 0 fully saturated rings. The van der Waals surface area contributed by atoms with Gasteiger partial charge in [-0.3, -0.25) is 9.59 Å². The molecule has 0 spiro atoms. The predicted molar refractivity (Wildman–Crippen MR) is 96.9 cm³/mol. The van der Waals surface area contributed by atoms with Gasteiger partial charge in [0, 0.05) is 31.8 Å². The Morgan fingerprint density at radius 3 is 2.69 bits per heavy atom. The molecule has 7 nitrogen and oxygen atoms in total. The maximum Gasteiger partial charge on any atom is 0.225 e. The number of aromatic nitrogens is 3. The van der Waals surface area contributed by atoms with E-state index in [9.17, 15) is 9.59 Å². The molecule has 2 heterocycles. The molecule has 7 heteroatoms. The first kappa shape index (κ1) is 18.1. The van der Waals surface area contributed by atoms with Crippen molar-refractivity contribution in [1.29, 1.82) is 0 Å². The average Bonchev–Trinajstić information content (AvgIpc) is 3.07. The third kappa shape index (κ3) is 4.28. The number of rotatable bonds is 6. The lowest BCUT2D eigenvalue weighted by molar-refractivity contribution is -0.136. The molecule has 138 valence electrons. The van der Waals surface area contributed by atoms with Crippen LogP contribution in [0.2, 0.25) is 0 Å². The van der Waals surface area contributed by atoms with Crippen LogP contribution in [-0.4, -0.2) is 38.3 Å². The van der Waals surface area contributed by atoms with Gasteiger partial charge in [-0.15, -0.1) is 5.10 Å². The third-order valence-electron chi connectivity index (χ3n) is 4.57. The molecule has 1 aliphatic rings. The first-order chi connectivity index (χ1) is 12.5. The minimum Gasteiger partial charge on any atom is -0.352 e. The van der Waals surface area contributed by atoms with Gasteiger partial charge < -0.3 is 10.2 Å². The molecule has 1 aromatic carbocycles. The van der Waals surface area contributed by atoms with Gasteiger partial charge in [-0.05, 0) is 5.56 Å². The van der Waals surface area contributed by atoms with Gasteiger partial charge in [0.05, 0.1) is 24.5 Å². The maximum atomic E-state index is 12.2. The second kappa shape index (κ2) is 8.12. The molecule has 26 heavy (non-hydrogen) atoms. The van der Waals surface area contributed by atoms with E-state index in [4.69, 9.17) is 0 Å². The van der Waals surface area contributed by atoms with E-state index < -0.39 is 0 Å². The molecule has 1 N–H and O–H groups in total. The first-order valence-electron chi connectivity index (χ1n) is 9.05. The summed E-state index contributed by atoms with van der Waals surface area (Å²) in [6.07, 6.45) is 0.885. The topological polar surface area (TPSA) is 80.1 Å². The van der Waals surface area contributed by atoms with E-state index in [2.05, 4.69) is 15.6 Å². The number of hydrogen-bond acceptors (Lipinski definition) is 4. The van der Waals surface area contributed by atoms with Crippen molar-refractivity contribution >= 4 is 11.8 Å². The highest BCUT2D eigenvalue weighted by Crippen LogP contribution is 2.17. The van der Waals surface area contributed by atoms with Gasteiger partial charge in [-0.2, -0.15) is 0 Å². The second-order valence-electron chi connectivity index (χ2n) is 6.88. The molecule has 3 rings (SSSR count). The summed E-state index contributed by atoms with van der Waals surface area (Å²) in [7, 11) is 0. The van der Waals surface area contributed by atoms with Crippen molar-refractivity contribution in [1.82, 2.24) is 25.2 Å². The molecule has 1 aliphatic heterocycles. The van der Waals surface area contributed by atoms with Crippen molar-refractivity contribution in [3.63, 3.8) is 0 Å². The Morgan fingerprint density at radius 1 is 1.19 bits per heavy atom. The molecular weight excluding hydrogens is 330 g/mol. The summed E-state index contributed by atoms with van der Waals surface area (Å²) < 4.78 is 1.85. The number of hydrogen-bond donors (Lipinski definition) is 1. The van der Waals surface area contributed by atoms with Crippen molar-refractivity contribution in [2.45, 2.75) is 46.3 Å². The van der Waals surface area contributed by atoms with Gasteiger partial charge in [-0.1, -0.05) is 49.4 Å². The van der Waals surface area contributed by atoms with Crippen LogP contribution >= 0.6 is 0 Å². The van der Waals surface area contributed by atoms with E-state index in [0.29, 0.717) is 39.0 Å². The summed E-state index contributed by atoms with van der Waals surface area (Å²) in [4.78, 5) is 26.2. The molecule has 0 aliphatic carbocycles. The first-order valence-corrected chi connectivity index (χ1v) is 9.05. The Kier molecular flexibility index (Phi) is 5.65. The summed E-state index contributed by atoms with van der Waals surface area (Å²) in [6, 6.07) is 9.82. The van der Waals surface area contributed by atoms with E-state index in [1.807, 2.05) is 53.8 Å². The fourth-order valence-corrected chi connectivity index (χ4v) is 3.06. The quantitative estimate of drug-likeness (QED) is 0.852. The van der Waals surface area contributed by atoms with Crippen LogP contribution in [0.1, 0.15) is 37.2 Å². The Balaban J connectivity index is 1.54. The van der Waals surface area contributed by atoms with E-state index in [1.54, 1.807) is 0 Å². The van der Waals surface area contributed by atoms with Crippen LogP contribution in [0.15, 0.2) is 30.3 Å². The van der Waals surface area contributed by atoms with Gasteiger partial charge in [0.2, 0.25) is 11.8 Å². The highest BCUT2D eigenvalue weighted by Gasteiger charge is 2.26. The zero-order valence-electron chi connectivity index (χ0n) is 15.3. The highest BCUT2D eigenvalue weighted by atomic mass is 16.2. The summed E-state index contributed by atoms with van der Waals surface area (Å²) in [6.45, 7) is 6.17. The van der Waals surface area contributed by atoms with E-state index in [-0.39, 0.29) is 17.7 Å². The highest BCUT2D eigenvalue weighted by molar-refractivity contribution is 5.78. The third-order valence-corrected chi connectivity index (χ3v) is 4.57. The van der Waals surface area contributed by atoms with Gasteiger partial charge in [-0.25, -0.2) is 4.68 Å². The molecule has 0 saturated heterocycles. The summed E-state index contributed by atoms with van der Waals surface area (Å²) in [5.74, 6) is 0.107. The van der Waals surface area contributed by atoms with Gasteiger partial charge >= 0.3 is 0 Å². The number of fused-ring (bicyclic) bond motifs is 1. The number of carbonyl (C=O) groups is 2. The number of aryl methyl sites for hydroxylation is 1. The van der Waals surface area contributed by atoms with Gasteiger partial charge in [0.15, 0.2) is 0 Å². The fraction of sp³-hybridized carbons (Fsp3) is 0.474.